The van der Waals surface area contributed by atoms with Crippen molar-refractivity contribution in [2.45, 2.75) is 20.8 Å². The van der Waals surface area contributed by atoms with Crippen LogP contribution in [-0.4, -0.2) is 37.6 Å². The second kappa shape index (κ2) is 6.22. The highest BCUT2D eigenvalue weighted by Gasteiger charge is 2.14. The molecule has 0 radical (unpaired) electrons. The third-order valence-corrected chi connectivity index (χ3v) is 2.81. The van der Waals surface area contributed by atoms with E-state index in [0.717, 1.165) is 22.4 Å². The van der Waals surface area contributed by atoms with Crippen LogP contribution in [-0.2, 0) is 9.53 Å². The van der Waals surface area contributed by atoms with Gasteiger partial charge in [-0.25, -0.2) is 4.79 Å². The Morgan fingerprint density at radius 3 is 2.21 bits per heavy atom. The Hall–Kier alpha value is -2.04. The number of nitrogens with zero attached hydrogens (tertiary/aromatic N) is 1. The number of amides is 2. The first-order chi connectivity index (χ1) is 8.85. The van der Waals surface area contributed by atoms with E-state index in [1.807, 2.05) is 32.9 Å². The lowest BCUT2D eigenvalue weighted by Crippen LogP contribution is -2.35. The molecule has 104 valence electrons. The highest BCUT2D eigenvalue weighted by atomic mass is 16.5. The predicted octanol–water partition coefficient (Wildman–Crippen LogP) is 2.25. The summed E-state index contributed by atoms with van der Waals surface area (Å²) in [6.07, 6.45) is -0.535. The van der Waals surface area contributed by atoms with Gasteiger partial charge < -0.3 is 15.0 Å². The van der Waals surface area contributed by atoms with Crippen molar-refractivity contribution >= 4 is 17.7 Å². The Kier molecular flexibility index (Phi) is 4.92. The third kappa shape index (κ3) is 3.98. The fraction of sp³-hybridized carbons (Fsp3) is 0.429. The van der Waals surface area contributed by atoms with Gasteiger partial charge >= 0.3 is 6.09 Å². The van der Waals surface area contributed by atoms with Crippen LogP contribution >= 0.6 is 0 Å². The van der Waals surface area contributed by atoms with Gasteiger partial charge in [-0.05, 0) is 31.9 Å². The molecule has 0 saturated carbocycles. The minimum atomic E-state index is -0.535. The molecule has 1 aromatic carbocycles. The van der Waals surface area contributed by atoms with Gasteiger partial charge in [0.25, 0.3) is 0 Å². The molecule has 1 rings (SSSR count). The highest BCUT2D eigenvalue weighted by molar-refractivity contribution is 5.95. The van der Waals surface area contributed by atoms with Crippen LogP contribution in [0.25, 0.3) is 0 Å². The van der Waals surface area contributed by atoms with Gasteiger partial charge in [-0.3, -0.25) is 4.79 Å². The van der Waals surface area contributed by atoms with E-state index in [2.05, 4.69) is 10.1 Å². The Morgan fingerprint density at radius 1 is 1.21 bits per heavy atom. The number of carbonyl (C=O) groups is 2. The van der Waals surface area contributed by atoms with E-state index in [-0.39, 0.29) is 12.5 Å². The first kappa shape index (κ1) is 15.0. The number of ether oxygens (including phenoxy) is 1. The monoisotopic (exact) mass is 264 g/mol. The number of carbonyl (C=O) groups excluding carboxylic acids is 2. The lowest BCUT2D eigenvalue weighted by molar-refractivity contribution is -0.116. The fourth-order valence-electron chi connectivity index (χ4n) is 1.99. The summed E-state index contributed by atoms with van der Waals surface area (Å²) in [5, 5.41) is 2.83. The van der Waals surface area contributed by atoms with E-state index < -0.39 is 6.09 Å². The Labute approximate surface area is 113 Å². The quantitative estimate of drug-likeness (QED) is 0.911. The molecule has 0 unspecified atom stereocenters. The molecule has 5 nitrogen and oxygen atoms in total. The largest absolute Gasteiger partial charge is 0.453 e. The van der Waals surface area contributed by atoms with E-state index in [4.69, 9.17) is 0 Å². The molecule has 0 bridgehead atoms. The predicted molar refractivity (Wildman–Crippen MR) is 74.3 cm³/mol. The van der Waals surface area contributed by atoms with Gasteiger partial charge in [0.05, 0.1) is 7.11 Å². The van der Waals surface area contributed by atoms with Crippen LogP contribution in [0.2, 0.25) is 0 Å². The number of anilines is 1. The van der Waals surface area contributed by atoms with Crippen LogP contribution in [0.1, 0.15) is 16.7 Å². The number of rotatable bonds is 3. The molecule has 0 aliphatic carbocycles. The lowest BCUT2D eigenvalue weighted by Gasteiger charge is -2.17. The molecule has 2 amide bonds. The van der Waals surface area contributed by atoms with E-state index in [9.17, 15) is 9.59 Å². The second-order valence-corrected chi connectivity index (χ2v) is 4.65. The number of aryl methyl sites for hydroxylation is 3. The maximum absolute atomic E-state index is 11.9. The molecule has 19 heavy (non-hydrogen) atoms. The van der Waals surface area contributed by atoms with Crippen molar-refractivity contribution in [3.63, 3.8) is 0 Å². The summed E-state index contributed by atoms with van der Waals surface area (Å²) < 4.78 is 4.53. The molecule has 0 aliphatic rings. The molecule has 0 aromatic heterocycles. The van der Waals surface area contributed by atoms with E-state index in [1.54, 1.807) is 0 Å². The second-order valence-electron chi connectivity index (χ2n) is 4.65. The molecular weight excluding hydrogens is 244 g/mol. The maximum Gasteiger partial charge on any atom is 0.409 e. The van der Waals surface area contributed by atoms with Crippen LogP contribution in [0.15, 0.2) is 12.1 Å². The summed E-state index contributed by atoms with van der Waals surface area (Å²) in [7, 11) is 2.80. The van der Waals surface area contributed by atoms with E-state index in [0.29, 0.717) is 0 Å². The van der Waals surface area contributed by atoms with Crippen molar-refractivity contribution in [3.8, 4) is 0 Å². The molecule has 0 heterocycles. The zero-order chi connectivity index (χ0) is 14.6. The SMILES string of the molecule is COC(=O)N(C)CC(=O)Nc1c(C)cc(C)cc1C. The minimum absolute atomic E-state index is 0.0422. The normalized spacial score (nSPS) is 9.95. The van der Waals surface area contributed by atoms with Crippen molar-refractivity contribution in [3.05, 3.63) is 28.8 Å². The summed E-state index contributed by atoms with van der Waals surface area (Å²) in [5.41, 5.74) is 3.96. The Morgan fingerprint density at radius 2 is 1.74 bits per heavy atom. The van der Waals surface area contributed by atoms with Crippen molar-refractivity contribution in [2.75, 3.05) is 26.0 Å². The number of hydrogen-bond donors (Lipinski definition) is 1. The van der Waals surface area contributed by atoms with Crippen molar-refractivity contribution in [2.24, 2.45) is 0 Å². The lowest BCUT2D eigenvalue weighted by atomic mass is 10.1. The minimum Gasteiger partial charge on any atom is -0.453 e. The zero-order valence-corrected chi connectivity index (χ0v) is 12.0. The van der Waals surface area contributed by atoms with Gasteiger partial charge in [0, 0.05) is 12.7 Å². The first-order valence-corrected chi connectivity index (χ1v) is 6.02. The summed E-state index contributed by atoms with van der Waals surface area (Å²) in [6, 6.07) is 4.01. The van der Waals surface area contributed by atoms with Gasteiger partial charge in [0.1, 0.15) is 6.54 Å². The van der Waals surface area contributed by atoms with Crippen LogP contribution in [0, 0.1) is 20.8 Å². The summed E-state index contributed by atoms with van der Waals surface area (Å²) >= 11 is 0. The average Bonchev–Trinajstić information content (AvgIpc) is 2.32. The number of likely N-dealkylation sites (N-methyl/N-ethyl adjacent to an activating group) is 1. The van der Waals surface area contributed by atoms with Crippen LogP contribution in [0.3, 0.4) is 0 Å². The summed E-state index contributed by atoms with van der Waals surface area (Å²) in [5.74, 6) is -0.247. The molecular formula is C14H20N2O3. The van der Waals surface area contributed by atoms with Crippen LogP contribution < -0.4 is 5.32 Å². The molecule has 1 N–H and O–H groups in total. The molecule has 0 saturated heterocycles. The molecule has 0 atom stereocenters. The van der Waals surface area contributed by atoms with Crippen molar-refractivity contribution in [1.82, 2.24) is 4.90 Å². The van der Waals surface area contributed by atoms with Crippen LogP contribution in [0.4, 0.5) is 10.5 Å². The maximum atomic E-state index is 11.9. The molecule has 0 aliphatic heterocycles. The van der Waals surface area contributed by atoms with Gasteiger partial charge in [-0.15, -0.1) is 0 Å². The standard InChI is InChI=1S/C14H20N2O3/c1-9-6-10(2)13(11(3)7-9)15-12(17)8-16(4)14(18)19-5/h6-7H,8H2,1-5H3,(H,15,17). The van der Waals surface area contributed by atoms with Gasteiger partial charge in [0.2, 0.25) is 5.91 Å². The van der Waals surface area contributed by atoms with Gasteiger partial charge in [-0.1, -0.05) is 17.7 Å². The molecule has 1 aromatic rings. The topological polar surface area (TPSA) is 58.6 Å². The number of nitrogens with one attached hydrogen (secondary N) is 1. The molecule has 0 fully saturated rings. The van der Waals surface area contributed by atoms with Gasteiger partial charge in [0.15, 0.2) is 0 Å². The van der Waals surface area contributed by atoms with Crippen molar-refractivity contribution < 1.29 is 14.3 Å². The molecule has 0 spiro atoms. The Balaban J connectivity index is 2.75. The summed E-state index contributed by atoms with van der Waals surface area (Å²) in [6.45, 7) is 5.86. The molecule has 5 heteroatoms. The number of benzene rings is 1. The number of hydrogen-bond acceptors (Lipinski definition) is 3. The van der Waals surface area contributed by atoms with Crippen molar-refractivity contribution in [1.29, 1.82) is 0 Å². The van der Waals surface area contributed by atoms with E-state index >= 15 is 0 Å². The van der Waals surface area contributed by atoms with Crippen LogP contribution in [0.5, 0.6) is 0 Å². The third-order valence-electron chi connectivity index (χ3n) is 2.81. The summed E-state index contributed by atoms with van der Waals surface area (Å²) in [4.78, 5) is 24.3. The average molecular weight is 264 g/mol. The first-order valence-electron chi connectivity index (χ1n) is 6.02. The Bertz CT molecular complexity index is 474. The van der Waals surface area contributed by atoms with Gasteiger partial charge in [-0.2, -0.15) is 0 Å². The fourth-order valence-corrected chi connectivity index (χ4v) is 1.99. The smallest absolute Gasteiger partial charge is 0.409 e. The number of methoxy groups -OCH3 is 1. The zero-order valence-electron chi connectivity index (χ0n) is 12.0. The van der Waals surface area contributed by atoms with E-state index in [1.165, 1.54) is 19.1 Å². The highest BCUT2D eigenvalue weighted by Crippen LogP contribution is 2.21.